The summed E-state index contributed by atoms with van der Waals surface area (Å²) in [6.45, 7) is 4.04. The quantitative estimate of drug-likeness (QED) is 0.847. The monoisotopic (exact) mass is 228 g/mol. The number of phenols is 1. The van der Waals surface area contributed by atoms with Crippen molar-refractivity contribution < 1.29 is 5.11 Å². The van der Waals surface area contributed by atoms with Gasteiger partial charge >= 0.3 is 0 Å². The minimum Gasteiger partial charge on any atom is -0.508 e. The largest absolute Gasteiger partial charge is 0.508 e. The summed E-state index contributed by atoms with van der Waals surface area (Å²) in [5, 5.41) is 12.6. The van der Waals surface area contributed by atoms with Gasteiger partial charge in [0.15, 0.2) is 0 Å². The van der Waals surface area contributed by atoms with Crippen LogP contribution in [0.5, 0.6) is 5.75 Å². The first-order valence-corrected chi connectivity index (χ1v) is 5.63. The van der Waals surface area contributed by atoms with Gasteiger partial charge in [0.2, 0.25) is 0 Å². The maximum Gasteiger partial charge on any atom is 0.115 e. The van der Waals surface area contributed by atoms with Gasteiger partial charge in [0.1, 0.15) is 5.75 Å². The van der Waals surface area contributed by atoms with E-state index in [0.717, 1.165) is 16.9 Å². The van der Waals surface area contributed by atoms with Gasteiger partial charge in [-0.1, -0.05) is 12.1 Å². The lowest BCUT2D eigenvalue weighted by atomic mass is 10.1. The van der Waals surface area contributed by atoms with E-state index in [-0.39, 0.29) is 11.8 Å². The molecule has 0 amide bonds. The fourth-order valence-electron chi connectivity index (χ4n) is 1.65. The standard InChI is InChI=1S/C14H16N2O/c1-10-3-6-13(9-15-10)16-11(2)12-4-7-14(17)8-5-12/h3-9,11,16-17H,1-2H3. The van der Waals surface area contributed by atoms with Crippen molar-refractivity contribution in [1.82, 2.24) is 4.98 Å². The summed E-state index contributed by atoms with van der Waals surface area (Å²) >= 11 is 0. The molecule has 88 valence electrons. The molecule has 2 rings (SSSR count). The van der Waals surface area contributed by atoms with Crippen LogP contribution >= 0.6 is 0 Å². The third-order valence-corrected chi connectivity index (χ3v) is 2.69. The highest BCUT2D eigenvalue weighted by atomic mass is 16.3. The SMILES string of the molecule is Cc1ccc(NC(C)c2ccc(O)cc2)cn1. The van der Waals surface area contributed by atoms with Crippen LogP contribution in [0.4, 0.5) is 5.69 Å². The van der Waals surface area contributed by atoms with Crippen molar-refractivity contribution in [2.75, 3.05) is 5.32 Å². The molecule has 1 atom stereocenters. The molecule has 0 radical (unpaired) electrons. The highest BCUT2D eigenvalue weighted by Gasteiger charge is 2.05. The molecule has 0 spiro atoms. The summed E-state index contributed by atoms with van der Waals surface area (Å²) in [6.07, 6.45) is 1.83. The topological polar surface area (TPSA) is 45.1 Å². The summed E-state index contributed by atoms with van der Waals surface area (Å²) in [7, 11) is 0. The highest BCUT2D eigenvalue weighted by Crippen LogP contribution is 2.20. The molecule has 0 fully saturated rings. The Hall–Kier alpha value is -2.03. The molecule has 1 aromatic heterocycles. The molecule has 0 aliphatic carbocycles. The number of aromatic hydroxyl groups is 1. The minimum atomic E-state index is 0.181. The Bertz CT molecular complexity index is 477. The van der Waals surface area contributed by atoms with Crippen LogP contribution in [0.25, 0.3) is 0 Å². The molecule has 0 saturated heterocycles. The number of hydrogen-bond donors (Lipinski definition) is 2. The molecule has 1 heterocycles. The van der Waals surface area contributed by atoms with Gasteiger partial charge < -0.3 is 10.4 Å². The molecule has 3 heteroatoms. The molecule has 17 heavy (non-hydrogen) atoms. The number of rotatable bonds is 3. The summed E-state index contributed by atoms with van der Waals surface area (Å²) in [5.41, 5.74) is 3.13. The second-order valence-electron chi connectivity index (χ2n) is 4.15. The fraction of sp³-hybridized carbons (Fsp3) is 0.214. The van der Waals surface area contributed by atoms with E-state index in [1.54, 1.807) is 12.1 Å². The molecule has 2 N–H and O–H groups in total. The Kier molecular flexibility index (Phi) is 3.28. The Morgan fingerprint density at radius 2 is 1.82 bits per heavy atom. The van der Waals surface area contributed by atoms with Gasteiger partial charge in [-0.25, -0.2) is 0 Å². The van der Waals surface area contributed by atoms with Gasteiger partial charge in [-0.2, -0.15) is 0 Å². The van der Waals surface area contributed by atoms with Gasteiger partial charge in [0.25, 0.3) is 0 Å². The average molecular weight is 228 g/mol. The predicted octanol–water partition coefficient (Wildman–Crippen LogP) is 3.27. The number of nitrogens with one attached hydrogen (secondary N) is 1. The van der Waals surface area contributed by atoms with Crippen molar-refractivity contribution in [2.45, 2.75) is 19.9 Å². The van der Waals surface area contributed by atoms with Crippen LogP contribution in [0, 0.1) is 6.92 Å². The van der Waals surface area contributed by atoms with Crippen LogP contribution < -0.4 is 5.32 Å². The number of aryl methyl sites for hydroxylation is 1. The Morgan fingerprint density at radius 3 is 2.41 bits per heavy atom. The van der Waals surface area contributed by atoms with Crippen molar-refractivity contribution >= 4 is 5.69 Å². The third-order valence-electron chi connectivity index (χ3n) is 2.69. The zero-order valence-corrected chi connectivity index (χ0v) is 10.0. The first-order chi connectivity index (χ1) is 8.15. The van der Waals surface area contributed by atoms with Crippen LogP contribution in [0.1, 0.15) is 24.2 Å². The number of anilines is 1. The predicted molar refractivity (Wildman–Crippen MR) is 69.1 cm³/mol. The highest BCUT2D eigenvalue weighted by molar-refractivity contribution is 5.44. The van der Waals surface area contributed by atoms with E-state index in [2.05, 4.69) is 17.2 Å². The minimum absolute atomic E-state index is 0.181. The van der Waals surface area contributed by atoms with Gasteiger partial charge in [-0.05, 0) is 43.7 Å². The van der Waals surface area contributed by atoms with E-state index in [1.165, 1.54) is 0 Å². The second-order valence-corrected chi connectivity index (χ2v) is 4.15. The molecular formula is C14H16N2O. The Balaban J connectivity index is 2.08. The molecule has 0 bridgehead atoms. The number of nitrogens with zero attached hydrogens (tertiary/aromatic N) is 1. The first-order valence-electron chi connectivity index (χ1n) is 5.63. The lowest BCUT2D eigenvalue weighted by Crippen LogP contribution is -2.06. The van der Waals surface area contributed by atoms with Gasteiger partial charge in [-0.15, -0.1) is 0 Å². The normalized spacial score (nSPS) is 12.1. The fourth-order valence-corrected chi connectivity index (χ4v) is 1.65. The number of hydrogen-bond acceptors (Lipinski definition) is 3. The third kappa shape index (κ3) is 2.97. The van der Waals surface area contributed by atoms with Crippen molar-refractivity contribution in [3.63, 3.8) is 0 Å². The average Bonchev–Trinajstić information content (AvgIpc) is 2.33. The summed E-state index contributed by atoms with van der Waals surface area (Å²) in [5.74, 6) is 0.290. The summed E-state index contributed by atoms with van der Waals surface area (Å²) in [6, 6.07) is 11.4. The zero-order chi connectivity index (χ0) is 12.3. The lowest BCUT2D eigenvalue weighted by Gasteiger charge is -2.15. The van der Waals surface area contributed by atoms with Crippen LogP contribution in [0.15, 0.2) is 42.6 Å². The van der Waals surface area contributed by atoms with Crippen LogP contribution in [-0.4, -0.2) is 10.1 Å². The molecule has 2 aromatic rings. The summed E-state index contributed by atoms with van der Waals surface area (Å²) in [4.78, 5) is 4.24. The maximum absolute atomic E-state index is 9.23. The molecule has 0 aliphatic heterocycles. The van der Waals surface area contributed by atoms with Crippen molar-refractivity contribution in [2.24, 2.45) is 0 Å². The zero-order valence-electron chi connectivity index (χ0n) is 10.0. The molecule has 1 unspecified atom stereocenters. The smallest absolute Gasteiger partial charge is 0.115 e. The van der Waals surface area contributed by atoms with Crippen LogP contribution in [0.2, 0.25) is 0 Å². The lowest BCUT2D eigenvalue weighted by molar-refractivity contribution is 0.475. The number of benzene rings is 1. The van der Waals surface area contributed by atoms with E-state index in [4.69, 9.17) is 0 Å². The van der Waals surface area contributed by atoms with Gasteiger partial charge in [0.05, 0.1) is 11.9 Å². The maximum atomic E-state index is 9.23. The number of aromatic nitrogens is 1. The van der Waals surface area contributed by atoms with E-state index in [9.17, 15) is 5.11 Å². The van der Waals surface area contributed by atoms with Gasteiger partial charge in [-0.3, -0.25) is 4.98 Å². The van der Waals surface area contributed by atoms with Crippen LogP contribution in [0.3, 0.4) is 0 Å². The van der Waals surface area contributed by atoms with E-state index in [1.807, 2.05) is 37.4 Å². The van der Waals surface area contributed by atoms with E-state index in [0.29, 0.717) is 0 Å². The number of pyridine rings is 1. The van der Waals surface area contributed by atoms with Gasteiger partial charge in [0, 0.05) is 11.7 Å². The summed E-state index contributed by atoms with van der Waals surface area (Å²) < 4.78 is 0. The molecular weight excluding hydrogens is 212 g/mol. The van der Waals surface area contributed by atoms with E-state index < -0.39 is 0 Å². The molecule has 0 saturated carbocycles. The molecule has 0 aliphatic rings. The Labute approximate surface area is 101 Å². The van der Waals surface area contributed by atoms with Crippen molar-refractivity contribution in [1.29, 1.82) is 0 Å². The Morgan fingerprint density at radius 1 is 1.12 bits per heavy atom. The molecule has 3 nitrogen and oxygen atoms in total. The van der Waals surface area contributed by atoms with E-state index >= 15 is 0 Å². The first kappa shape index (κ1) is 11.5. The molecule has 1 aromatic carbocycles. The van der Waals surface area contributed by atoms with Crippen LogP contribution in [-0.2, 0) is 0 Å². The van der Waals surface area contributed by atoms with Crippen molar-refractivity contribution in [3.8, 4) is 5.75 Å². The second kappa shape index (κ2) is 4.87. The number of phenolic OH excluding ortho intramolecular Hbond substituents is 1. The van der Waals surface area contributed by atoms with Crippen molar-refractivity contribution in [3.05, 3.63) is 53.9 Å².